The van der Waals surface area contributed by atoms with Gasteiger partial charge in [0.05, 0.1) is 16.3 Å². The lowest BCUT2D eigenvalue weighted by molar-refractivity contribution is 0.0732. The molecule has 0 spiro atoms. The summed E-state index contributed by atoms with van der Waals surface area (Å²) in [5.41, 5.74) is 2.01. The van der Waals surface area contributed by atoms with E-state index in [4.69, 9.17) is 16.1 Å². The van der Waals surface area contributed by atoms with E-state index in [0.29, 0.717) is 10.8 Å². The summed E-state index contributed by atoms with van der Waals surface area (Å²) in [6.07, 6.45) is 0. The number of para-hydroxylation sites is 1. The minimum absolute atomic E-state index is 0.175. The average Bonchev–Trinajstić information content (AvgIpc) is 3.34. The van der Waals surface area contributed by atoms with Crippen molar-refractivity contribution in [2.75, 3.05) is 7.05 Å². The van der Waals surface area contributed by atoms with E-state index in [1.54, 1.807) is 41.5 Å². The molecule has 7 heteroatoms. The standard InChI is InChI=1S/C20H16ClN3O2S/c1-12(19-22-15-5-3-4-6-18(15)27-19)24(2)20(25)16-11-17(26-23-16)13-7-9-14(21)10-8-13/h3-12H,1-2H3. The monoisotopic (exact) mass is 397 g/mol. The van der Waals surface area contributed by atoms with Gasteiger partial charge in [0.2, 0.25) is 0 Å². The second-order valence-corrected chi connectivity index (χ2v) is 7.69. The maximum absolute atomic E-state index is 12.8. The van der Waals surface area contributed by atoms with Gasteiger partial charge in [0.1, 0.15) is 5.01 Å². The number of halogens is 1. The van der Waals surface area contributed by atoms with Gasteiger partial charge < -0.3 is 9.42 Å². The molecule has 136 valence electrons. The molecular formula is C20H16ClN3O2S. The first-order valence-electron chi connectivity index (χ1n) is 8.38. The van der Waals surface area contributed by atoms with Crippen molar-refractivity contribution in [1.29, 1.82) is 0 Å². The zero-order chi connectivity index (χ0) is 19.0. The highest BCUT2D eigenvalue weighted by Gasteiger charge is 2.24. The molecule has 1 atom stereocenters. The molecule has 0 saturated carbocycles. The number of amides is 1. The number of nitrogens with zero attached hydrogens (tertiary/aromatic N) is 3. The molecule has 0 fully saturated rings. The molecule has 1 amide bonds. The van der Waals surface area contributed by atoms with Crippen molar-refractivity contribution < 1.29 is 9.32 Å². The second kappa shape index (κ2) is 7.13. The Morgan fingerprint density at radius 1 is 1.19 bits per heavy atom. The fourth-order valence-electron chi connectivity index (χ4n) is 2.72. The van der Waals surface area contributed by atoms with Crippen LogP contribution in [0.15, 0.2) is 59.1 Å². The molecule has 27 heavy (non-hydrogen) atoms. The molecule has 4 rings (SSSR count). The summed E-state index contributed by atoms with van der Waals surface area (Å²) in [5, 5.41) is 5.46. The highest BCUT2D eigenvalue weighted by Crippen LogP contribution is 2.30. The van der Waals surface area contributed by atoms with Crippen LogP contribution >= 0.6 is 22.9 Å². The molecule has 2 aromatic carbocycles. The number of carbonyl (C=O) groups excluding carboxylic acids is 1. The number of fused-ring (bicyclic) bond motifs is 1. The Morgan fingerprint density at radius 3 is 2.67 bits per heavy atom. The van der Waals surface area contributed by atoms with Crippen LogP contribution in [0.25, 0.3) is 21.5 Å². The van der Waals surface area contributed by atoms with Crippen LogP contribution in [0.3, 0.4) is 0 Å². The van der Waals surface area contributed by atoms with Crippen LogP contribution in [0.4, 0.5) is 0 Å². The fourth-order valence-corrected chi connectivity index (χ4v) is 3.91. The van der Waals surface area contributed by atoms with Crippen molar-refractivity contribution >= 4 is 39.1 Å². The molecule has 0 aliphatic rings. The number of benzene rings is 2. The largest absolute Gasteiger partial charge is 0.355 e. The first-order valence-corrected chi connectivity index (χ1v) is 9.57. The normalized spacial score (nSPS) is 12.3. The van der Waals surface area contributed by atoms with Crippen molar-refractivity contribution in [2.45, 2.75) is 13.0 Å². The average molecular weight is 398 g/mol. The van der Waals surface area contributed by atoms with Crippen LogP contribution in [-0.4, -0.2) is 28.0 Å². The summed E-state index contributed by atoms with van der Waals surface area (Å²) < 4.78 is 6.45. The fraction of sp³-hybridized carbons (Fsp3) is 0.150. The molecule has 0 saturated heterocycles. The van der Waals surface area contributed by atoms with Gasteiger partial charge in [0, 0.05) is 23.7 Å². The summed E-state index contributed by atoms with van der Waals surface area (Å²) >= 11 is 7.50. The van der Waals surface area contributed by atoms with E-state index in [0.717, 1.165) is 20.8 Å². The molecular weight excluding hydrogens is 382 g/mol. The highest BCUT2D eigenvalue weighted by atomic mass is 35.5. The van der Waals surface area contributed by atoms with Crippen LogP contribution in [0.2, 0.25) is 5.02 Å². The third-order valence-corrected chi connectivity index (χ3v) is 5.89. The molecule has 0 aliphatic heterocycles. The summed E-state index contributed by atoms with van der Waals surface area (Å²) in [5.74, 6) is 0.307. The van der Waals surface area contributed by atoms with E-state index in [9.17, 15) is 4.79 Å². The van der Waals surface area contributed by atoms with Crippen LogP contribution < -0.4 is 0 Å². The van der Waals surface area contributed by atoms with Gasteiger partial charge in [-0.2, -0.15) is 0 Å². The molecule has 0 bridgehead atoms. The molecule has 2 aromatic heterocycles. The van der Waals surface area contributed by atoms with Crippen molar-refractivity contribution in [3.63, 3.8) is 0 Å². The van der Waals surface area contributed by atoms with Gasteiger partial charge in [-0.1, -0.05) is 28.9 Å². The summed E-state index contributed by atoms with van der Waals surface area (Å²) in [6, 6.07) is 16.6. The van der Waals surface area contributed by atoms with Crippen LogP contribution in [0.1, 0.15) is 28.5 Å². The first kappa shape index (κ1) is 17.7. The number of thiazole rings is 1. The SMILES string of the molecule is CC(c1nc2ccccc2s1)N(C)C(=O)c1cc(-c2ccc(Cl)cc2)on1. The van der Waals surface area contributed by atoms with Crippen molar-refractivity contribution in [2.24, 2.45) is 0 Å². The van der Waals surface area contributed by atoms with Gasteiger partial charge in [-0.15, -0.1) is 11.3 Å². The third kappa shape index (κ3) is 3.46. The number of carbonyl (C=O) groups is 1. The van der Waals surface area contributed by atoms with E-state index in [2.05, 4.69) is 10.1 Å². The van der Waals surface area contributed by atoms with E-state index < -0.39 is 0 Å². The minimum Gasteiger partial charge on any atom is -0.355 e. The molecule has 2 heterocycles. The number of hydrogen-bond acceptors (Lipinski definition) is 5. The Kier molecular flexibility index (Phi) is 4.68. The van der Waals surface area contributed by atoms with Crippen molar-refractivity contribution in [1.82, 2.24) is 15.0 Å². The maximum Gasteiger partial charge on any atom is 0.276 e. The third-order valence-electron chi connectivity index (χ3n) is 4.43. The van der Waals surface area contributed by atoms with E-state index >= 15 is 0 Å². The predicted octanol–water partition coefficient (Wildman–Crippen LogP) is 5.44. The van der Waals surface area contributed by atoms with Crippen LogP contribution in [-0.2, 0) is 0 Å². The Hall–Kier alpha value is -2.70. The molecule has 0 N–H and O–H groups in total. The van der Waals surface area contributed by atoms with Gasteiger partial charge in [0.15, 0.2) is 11.5 Å². The number of rotatable bonds is 4. The van der Waals surface area contributed by atoms with E-state index in [-0.39, 0.29) is 17.6 Å². The van der Waals surface area contributed by atoms with Gasteiger partial charge >= 0.3 is 0 Å². The Morgan fingerprint density at radius 2 is 1.93 bits per heavy atom. The van der Waals surface area contributed by atoms with Crippen LogP contribution in [0.5, 0.6) is 0 Å². The second-order valence-electron chi connectivity index (χ2n) is 6.20. The zero-order valence-electron chi connectivity index (χ0n) is 14.7. The number of aromatic nitrogens is 2. The quantitative estimate of drug-likeness (QED) is 0.460. The van der Waals surface area contributed by atoms with Crippen molar-refractivity contribution in [3.8, 4) is 11.3 Å². The first-order chi connectivity index (χ1) is 13.0. The van der Waals surface area contributed by atoms with Gasteiger partial charge in [-0.3, -0.25) is 4.79 Å². The topological polar surface area (TPSA) is 59.2 Å². The lowest BCUT2D eigenvalue weighted by Gasteiger charge is -2.21. The predicted molar refractivity (Wildman–Crippen MR) is 107 cm³/mol. The number of hydrogen-bond donors (Lipinski definition) is 0. The Balaban J connectivity index is 1.55. The maximum atomic E-state index is 12.8. The summed E-state index contributed by atoms with van der Waals surface area (Å²) in [4.78, 5) is 19.1. The highest BCUT2D eigenvalue weighted by molar-refractivity contribution is 7.18. The van der Waals surface area contributed by atoms with E-state index in [1.165, 1.54) is 0 Å². The van der Waals surface area contributed by atoms with Gasteiger partial charge in [-0.25, -0.2) is 4.98 Å². The van der Waals surface area contributed by atoms with Crippen molar-refractivity contribution in [3.05, 3.63) is 70.3 Å². The molecule has 1 unspecified atom stereocenters. The van der Waals surface area contributed by atoms with Crippen LogP contribution in [0, 0.1) is 0 Å². The summed E-state index contributed by atoms with van der Waals surface area (Å²) in [7, 11) is 1.75. The molecule has 0 aliphatic carbocycles. The minimum atomic E-state index is -0.217. The Bertz CT molecular complexity index is 1070. The molecule has 5 nitrogen and oxygen atoms in total. The summed E-state index contributed by atoms with van der Waals surface area (Å²) in [6.45, 7) is 1.95. The van der Waals surface area contributed by atoms with Gasteiger partial charge in [-0.05, 0) is 43.3 Å². The molecule has 4 aromatic rings. The lowest BCUT2D eigenvalue weighted by Crippen LogP contribution is -2.29. The van der Waals surface area contributed by atoms with Gasteiger partial charge in [0.25, 0.3) is 5.91 Å². The molecule has 0 radical (unpaired) electrons. The zero-order valence-corrected chi connectivity index (χ0v) is 16.3. The smallest absolute Gasteiger partial charge is 0.276 e. The lowest BCUT2D eigenvalue weighted by atomic mass is 10.1. The van der Waals surface area contributed by atoms with E-state index in [1.807, 2.05) is 43.3 Å². The Labute approximate surface area is 165 Å².